The predicted molar refractivity (Wildman–Crippen MR) is 111 cm³/mol. The van der Waals surface area contributed by atoms with Crippen LogP contribution in [0.4, 0.5) is 4.79 Å². The van der Waals surface area contributed by atoms with Gasteiger partial charge in [-0.3, -0.25) is 9.59 Å². The lowest BCUT2D eigenvalue weighted by Crippen LogP contribution is -2.43. The molecule has 0 aromatic heterocycles. The summed E-state index contributed by atoms with van der Waals surface area (Å²) in [4.78, 5) is 39.1. The summed E-state index contributed by atoms with van der Waals surface area (Å²) in [5.74, 6) is -0.883. The maximum atomic E-state index is 12.8. The molecule has 1 saturated heterocycles. The molecule has 1 amide bonds. The van der Waals surface area contributed by atoms with Crippen molar-refractivity contribution in [3.8, 4) is 0 Å². The Bertz CT molecular complexity index is 785. The lowest BCUT2D eigenvalue weighted by Gasteiger charge is -2.32. The van der Waals surface area contributed by atoms with Crippen molar-refractivity contribution in [3.63, 3.8) is 0 Å². The molecule has 160 valence electrons. The van der Waals surface area contributed by atoms with E-state index in [1.165, 1.54) is 0 Å². The molecule has 1 aliphatic rings. The number of aryl methyl sites for hydroxylation is 3. The summed E-state index contributed by atoms with van der Waals surface area (Å²) in [6, 6.07) is 3.83. The van der Waals surface area contributed by atoms with Crippen molar-refractivity contribution >= 4 is 17.8 Å². The van der Waals surface area contributed by atoms with Crippen LogP contribution in [0.2, 0.25) is 0 Å². The Morgan fingerprint density at radius 3 is 2.10 bits per heavy atom. The molecular formula is C23H33NO5. The van der Waals surface area contributed by atoms with Gasteiger partial charge in [0.25, 0.3) is 0 Å². The molecule has 1 fully saturated rings. The van der Waals surface area contributed by atoms with Gasteiger partial charge >= 0.3 is 12.1 Å². The van der Waals surface area contributed by atoms with Gasteiger partial charge in [0.1, 0.15) is 5.60 Å². The van der Waals surface area contributed by atoms with Gasteiger partial charge < -0.3 is 14.4 Å². The quantitative estimate of drug-likeness (QED) is 0.551. The number of nitrogens with zero attached hydrogens (tertiary/aromatic N) is 1. The van der Waals surface area contributed by atoms with E-state index in [-0.39, 0.29) is 23.8 Å². The summed E-state index contributed by atoms with van der Waals surface area (Å²) in [5.41, 5.74) is 3.09. The Labute approximate surface area is 173 Å². The molecule has 1 aromatic rings. The van der Waals surface area contributed by atoms with Gasteiger partial charge in [0.15, 0.2) is 6.10 Å². The third-order valence-corrected chi connectivity index (χ3v) is 5.25. The van der Waals surface area contributed by atoms with Crippen molar-refractivity contribution in [1.29, 1.82) is 0 Å². The van der Waals surface area contributed by atoms with E-state index in [0.717, 1.165) is 16.7 Å². The maximum Gasteiger partial charge on any atom is 0.410 e. The lowest BCUT2D eigenvalue weighted by molar-refractivity contribution is -0.152. The van der Waals surface area contributed by atoms with Crippen LogP contribution in [0.5, 0.6) is 0 Å². The molecular weight excluding hydrogens is 370 g/mol. The van der Waals surface area contributed by atoms with Gasteiger partial charge in [-0.05, 0) is 84.1 Å². The number of hydrogen-bond acceptors (Lipinski definition) is 5. The smallest absolute Gasteiger partial charge is 0.410 e. The van der Waals surface area contributed by atoms with Gasteiger partial charge in [-0.2, -0.15) is 0 Å². The van der Waals surface area contributed by atoms with E-state index in [1.807, 2.05) is 53.7 Å². The zero-order chi connectivity index (χ0) is 21.9. The van der Waals surface area contributed by atoms with E-state index >= 15 is 0 Å². The molecule has 0 spiro atoms. The maximum absolute atomic E-state index is 12.8. The minimum absolute atomic E-state index is 0.190. The monoisotopic (exact) mass is 403 g/mol. The van der Waals surface area contributed by atoms with Gasteiger partial charge in [0, 0.05) is 18.7 Å². The van der Waals surface area contributed by atoms with Crippen molar-refractivity contribution in [2.24, 2.45) is 5.92 Å². The number of rotatable bonds is 4. The minimum Gasteiger partial charge on any atom is -0.454 e. The van der Waals surface area contributed by atoms with Gasteiger partial charge in [-0.25, -0.2) is 4.79 Å². The van der Waals surface area contributed by atoms with Crippen molar-refractivity contribution in [2.45, 2.75) is 73.0 Å². The summed E-state index contributed by atoms with van der Waals surface area (Å²) >= 11 is 0. The molecule has 1 aromatic carbocycles. The number of Topliss-reactive ketones (excluding diaryl/α,β-unsaturated/α-hetero) is 1. The minimum atomic E-state index is -0.841. The van der Waals surface area contributed by atoms with Crippen molar-refractivity contribution in [3.05, 3.63) is 34.4 Å². The first-order valence-electron chi connectivity index (χ1n) is 10.2. The van der Waals surface area contributed by atoms with Crippen LogP contribution >= 0.6 is 0 Å². The lowest BCUT2D eigenvalue weighted by atomic mass is 9.95. The van der Waals surface area contributed by atoms with Crippen molar-refractivity contribution < 1.29 is 23.9 Å². The van der Waals surface area contributed by atoms with E-state index in [2.05, 4.69) is 0 Å². The standard InChI is InChI=1S/C23H33NO5/c1-14-12-16(3)19(13-15(14)2)20(25)17(4)28-21(26)18-8-10-24(11-9-18)22(27)29-23(5,6)7/h12-13,17-18H,8-11H2,1-7H3/t17-/m1/s1. The molecule has 0 N–H and O–H groups in total. The van der Waals surface area contributed by atoms with Crippen LogP contribution in [0.15, 0.2) is 12.1 Å². The summed E-state index contributed by atoms with van der Waals surface area (Å²) < 4.78 is 10.9. The van der Waals surface area contributed by atoms with E-state index < -0.39 is 11.7 Å². The fraction of sp³-hybridized carbons (Fsp3) is 0.609. The summed E-state index contributed by atoms with van der Waals surface area (Å²) in [6.45, 7) is 13.8. The Morgan fingerprint density at radius 2 is 1.55 bits per heavy atom. The molecule has 0 saturated carbocycles. The largest absolute Gasteiger partial charge is 0.454 e. The fourth-order valence-electron chi connectivity index (χ4n) is 3.39. The van der Waals surface area contributed by atoms with Gasteiger partial charge in [-0.15, -0.1) is 0 Å². The Balaban J connectivity index is 1.92. The van der Waals surface area contributed by atoms with E-state index in [4.69, 9.17) is 9.47 Å². The number of hydrogen-bond donors (Lipinski definition) is 0. The number of ether oxygens (including phenoxy) is 2. The van der Waals surface area contributed by atoms with Crippen LogP contribution in [0.25, 0.3) is 0 Å². The zero-order valence-electron chi connectivity index (χ0n) is 18.6. The Morgan fingerprint density at radius 1 is 1.00 bits per heavy atom. The van der Waals surface area contributed by atoms with Crippen LogP contribution in [0.1, 0.15) is 67.6 Å². The molecule has 2 rings (SSSR count). The second-order valence-electron chi connectivity index (χ2n) is 8.94. The first kappa shape index (κ1) is 22.9. The average molecular weight is 404 g/mol. The summed E-state index contributed by atoms with van der Waals surface area (Å²) in [7, 11) is 0. The molecule has 0 aliphatic carbocycles. The van der Waals surface area contributed by atoms with Crippen molar-refractivity contribution in [2.75, 3.05) is 13.1 Å². The van der Waals surface area contributed by atoms with Gasteiger partial charge in [-0.1, -0.05) is 6.07 Å². The topological polar surface area (TPSA) is 72.9 Å². The highest BCUT2D eigenvalue weighted by Crippen LogP contribution is 2.23. The van der Waals surface area contributed by atoms with E-state index in [0.29, 0.717) is 31.5 Å². The Kier molecular flexibility index (Phi) is 7.09. The number of benzene rings is 1. The van der Waals surface area contributed by atoms with Crippen LogP contribution < -0.4 is 0 Å². The number of carbonyl (C=O) groups excluding carboxylic acids is 3. The highest BCUT2D eigenvalue weighted by molar-refractivity contribution is 6.01. The summed E-state index contributed by atoms with van der Waals surface area (Å²) in [5, 5.41) is 0. The third-order valence-electron chi connectivity index (χ3n) is 5.25. The molecule has 1 aliphatic heterocycles. The van der Waals surface area contributed by atoms with Crippen LogP contribution in [-0.4, -0.2) is 47.5 Å². The SMILES string of the molecule is Cc1cc(C)c(C(=O)[C@@H](C)OC(=O)C2CCN(C(=O)OC(C)(C)C)CC2)cc1C. The number of likely N-dealkylation sites (tertiary alicyclic amines) is 1. The second kappa shape index (κ2) is 8.97. The highest BCUT2D eigenvalue weighted by Gasteiger charge is 2.32. The molecule has 6 heteroatoms. The van der Waals surface area contributed by atoms with E-state index in [9.17, 15) is 14.4 Å². The van der Waals surface area contributed by atoms with Crippen molar-refractivity contribution in [1.82, 2.24) is 4.90 Å². The average Bonchev–Trinajstić information content (AvgIpc) is 2.62. The van der Waals surface area contributed by atoms with Gasteiger partial charge in [0.2, 0.25) is 5.78 Å². The van der Waals surface area contributed by atoms with Crippen LogP contribution in [0, 0.1) is 26.7 Å². The number of carbonyl (C=O) groups is 3. The molecule has 6 nitrogen and oxygen atoms in total. The number of esters is 1. The Hall–Kier alpha value is -2.37. The van der Waals surface area contributed by atoms with Gasteiger partial charge in [0.05, 0.1) is 5.92 Å². The normalized spacial score (nSPS) is 16.3. The molecule has 0 radical (unpaired) electrons. The number of ketones is 1. The third kappa shape index (κ3) is 6.05. The fourth-order valence-corrected chi connectivity index (χ4v) is 3.39. The summed E-state index contributed by atoms with van der Waals surface area (Å²) in [6.07, 6.45) is -0.200. The number of amides is 1. The first-order chi connectivity index (χ1) is 13.4. The predicted octanol–water partition coefficient (Wildman–Crippen LogP) is 4.37. The zero-order valence-corrected chi connectivity index (χ0v) is 18.6. The number of piperidine rings is 1. The molecule has 0 unspecified atom stereocenters. The molecule has 1 heterocycles. The highest BCUT2D eigenvalue weighted by atomic mass is 16.6. The molecule has 1 atom stereocenters. The van der Waals surface area contributed by atoms with Crippen LogP contribution in [-0.2, 0) is 14.3 Å². The first-order valence-corrected chi connectivity index (χ1v) is 10.2. The van der Waals surface area contributed by atoms with Crippen LogP contribution in [0.3, 0.4) is 0 Å². The molecule has 29 heavy (non-hydrogen) atoms. The molecule has 0 bridgehead atoms. The van der Waals surface area contributed by atoms with E-state index in [1.54, 1.807) is 11.8 Å². The second-order valence-corrected chi connectivity index (χ2v) is 8.94.